The van der Waals surface area contributed by atoms with Crippen molar-refractivity contribution in [1.82, 2.24) is 14.1 Å². The molecule has 6 heteroatoms. The fraction of sp³-hybridized carbons (Fsp3) is 0.158. The van der Waals surface area contributed by atoms with Crippen LogP contribution in [0.15, 0.2) is 170 Å². The molecule has 0 atom stereocenters. The molecule has 0 unspecified atom stereocenters. The monoisotopic (exact) mass is 1010 g/mol. The van der Waals surface area contributed by atoms with E-state index < -0.39 is 72.2 Å². The number of fused-ring (bicyclic) bond motifs is 4. The molecule has 5 nitrogen and oxygen atoms in total. The first-order chi connectivity index (χ1) is 34.9. The first kappa shape index (κ1) is 29.7. The van der Waals surface area contributed by atoms with Gasteiger partial charge in [0.25, 0.3) is 6.33 Å². The molecular weight excluding hydrogens is 952 g/mol. The van der Waals surface area contributed by atoms with Crippen molar-refractivity contribution in [2.24, 2.45) is 5.41 Å². The zero-order chi connectivity index (χ0) is 53.1. The molecule has 0 amide bonds. The molecule has 0 bridgehead atoms. The van der Waals surface area contributed by atoms with Crippen LogP contribution in [0, 0.1) is 23.9 Å². The van der Waals surface area contributed by atoms with E-state index in [0.29, 0.717) is 45.1 Å². The SMILES string of the molecule is [2H]c1c([2H])c([2H])c(-c2cccc(-c3c([2H])c([2H])c([2H])c([2H])c3[2H])c2-[n+]2[c-]n(-c3[c-]c(Oc4[c-]c5c(cc4)c4cc(C([2H])([2H])C(C)(C)C)ccc4n5-c4cc(C(C)(C)C)ccn4)ccc3)c3ccccc32)c([2H])c1[2H].[Pt]. The third kappa shape index (κ3) is 8.15. The van der Waals surface area contributed by atoms with Crippen molar-refractivity contribution in [2.45, 2.75) is 53.3 Å². The Balaban J connectivity index is 0.00000689. The minimum absolute atomic E-state index is 0. The molecule has 0 saturated carbocycles. The molecule has 0 aliphatic rings. The van der Waals surface area contributed by atoms with E-state index in [1.807, 2.05) is 67.8 Å². The Kier molecular flexibility index (Phi) is 7.83. The fourth-order valence-corrected chi connectivity index (χ4v) is 7.85. The van der Waals surface area contributed by atoms with Crippen molar-refractivity contribution in [3.8, 4) is 50.9 Å². The molecule has 3 heterocycles. The molecule has 0 N–H and O–H groups in total. The molecule has 10 rings (SSSR count). The van der Waals surface area contributed by atoms with Crippen molar-refractivity contribution in [2.75, 3.05) is 0 Å². The van der Waals surface area contributed by atoms with Crippen LogP contribution in [0.25, 0.3) is 72.3 Å². The van der Waals surface area contributed by atoms with E-state index in [4.69, 9.17) is 26.2 Å². The van der Waals surface area contributed by atoms with Gasteiger partial charge in [-0.1, -0.05) is 162 Å². The predicted octanol–water partition coefficient (Wildman–Crippen LogP) is 13.8. The number of aromatic nitrogens is 4. The van der Waals surface area contributed by atoms with Crippen LogP contribution in [-0.2, 0) is 32.9 Å². The van der Waals surface area contributed by atoms with Crippen LogP contribution in [0.1, 0.15) is 69.1 Å². The van der Waals surface area contributed by atoms with E-state index in [2.05, 4.69) is 45.3 Å². The van der Waals surface area contributed by atoms with Gasteiger partial charge in [0.15, 0.2) is 0 Å². The second kappa shape index (κ2) is 16.6. The molecular formula is C57H48N4OPt-2. The van der Waals surface area contributed by atoms with Gasteiger partial charge in [0.1, 0.15) is 5.82 Å². The summed E-state index contributed by atoms with van der Waals surface area (Å²) in [6, 6.07) is 32.2. The van der Waals surface area contributed by atoms with Gasteiger partial charge in [-0.05, 0) is 79.9 Å². The average Bonchev–Trinajstić information content (AvgIpc) is 3.91. The molecule has 63 heavy (non-hydrogen) atoms. The van der Waals surface area contributed by atoms with Crippen LogP contribution in [0.4, 0.5) is 0 Å². The molecule has 0 radical (unpaired) electrons. The Bertz CT molecular complexity index is 3820. The molecule has 0 fully saturated rings. The molecule has 0 aliphatic carbocycles. The van der Waals surface area contributed by atoms with E-state index in [1.165, 1.54) is 0 Å². The average molecular weight is 1010 g/mol. The van der Waals surface area contributed by atoms with E-state index >= 15 is 0 Å². The summed E-state index contributed by atoms with van der Waals surface area (Å²) in [6.07, 6.45) is 3.54. The van der Waals surface area contributed by atoms with E-state index in [9.17, 15) is 0 Å². The number of ether oxygens (including phenoxy) is 1. The van der Waals surface area contributed by atoms with Crippen molar-refractivity contribution in [3.63, 3.8) is 0 Å². The summed E-state index contributed by atoms with van der Waals surface area (Å²) < 4.78 is 117. The zero-order valence-electron chi connectivity index (χ0n) is 47.4. The van der Waals surface area contributed by atoms with Crippen LogP contribution >= 0.6 is 0 Å². The first-order valence-corrected chi connectivity index (χ1v) is 20.3. The van der Waals surface area contributed by atoms with Gasteiger partial charge < -0.3 is 13.9 Å². The number of benzene rings is 7. The summed E-state index contributed by atoms with van der Waals surface area (Å²) in [5, 5.41) is 1.65. The van der Waals surface area contributed by atoms with Crippen molar-refractivity contribution in [1.29, 1.82) is 0 Å². The number of imidazole rings is 1. The number of rotatable bonds is 8. The number of hydrogen-bond donors (Lipinski definition) is 0. The molecule has 0 saturated heterocycles. The van der Waals surface area contributed by atoms with Gasteiger partial charge in [0.05, 0.1) is 30.4 Å². The second-order valence-corrected chi connectivity index (χ2v) is 17.1. The number of hydrogen-bond acceptors (Lipinski definition) is 2. The summed E-state index contributed by atoms with van der Waals surface area (Å²) in [7, 11) is 0. The molecule has 0 spiro atoms. The second-order valence-electron chi connectivity index (χ2n) is 17.1. The van der Waals surface area contributed by atoms with Gasteiger partial charge in [-0.15, -0.1) is 29.7 Å². The molecule has 10 aromatic rings. The van der Waals surface area contributed by atoms with Gasteiger partial charge in [-0.25, -0.2) is 4.98 Å². The van der Waals surface area contributed by atoms with E-state index in [0.717, 1.165) is 21.9 Å². The third-order valence-corrected chi connectivity index (χ3v) is 10.6. The van der Waals surface area contributed by atoms with E-state index in [-0.39, 0.29) is 54.4 Å². The van der Waals surface area contributed by atoms with Gasteiger partial charge in [0.2, 0.25) is 0 Å². The standard InChI is InChI=1S/C57H48N4O.Pt/c1-56(2,3)37-39-27-30-50-49(33-39)48-29-28-45(36-53(48)61(50)54-34-42(31-32-58-54)57(4,5)6)62-44-22-15-21-43(35-44)59-38-60(52-26-14-13-25-51(52)59)55-46(40-17-9-7-10-18-40)23-16-24-47(55)41-19-11-8-12-20-41;/h7-34H,37H2,1-6H3;/q-2;/i7D,8D,9D,10D,11D,12D,17D,18D,19D,20D,37D2;. The summed E-state index contributed by atoms with van der Waals surface area (Å²) in [6.45, 7) is 12.1. The number of para-hydroxylation sites is 3. The predicted molar refractivity (Wildman–Crippen MR) is 253 cm³/mol. The largest absolute Gasteiger partial charge is 0.510 e. The van der Waals surface area contributed by atoms with Crippen molar-refractivity contribution in [3.05, 3.63) is 199 Å². The van der Waals surface area contributed by atoms with Gasteiger partial charge >= 0.3 is 0 Å². The zero-order valence-corrected chi connectivity index (χ0v) is 37.7. The smallest absolute Gasteiger partial charge is 0.268 e. The number of nitrogens with zero attached hydrogens (tertiary/aromatic N) is 4. The minimum atomic E-state index is -1.64. The van der Waals surface area contributed by atoms with Crippen LogP contribution in [0.2, 0.25) is 0 Å². The first-order valence-electron chi connectivity index (χ1n) is 26.3. The maximum Gasteiger partial charge on any atom is 0.268 e. The Morgan fingerprint density at radius 3 is 2.06 bits per heavy atom. The fourth-order valence-electron chi connectivity index (χ4n) is 7.85. The number of pyridine rings is 1. The third-order valence-electron chi connectivity index (χ3n) is 10.6. The summed E-state index contributed by atoms with van der Waals surface area (Å²) >= 11 is 0. The van der Waals surface area contributed by atoms with Crippen LogP contribution < -0.4 is 9.30 Å². The summed E-state index contributed by atoms with van der Waals surface area (Å²) in [5.74, 6) is 1.34. The van der Waals surface area contributed by atoms with Gasteiger partial charge in [-0.2, -0.15) is 18.2 Å². The Hall–Kier alpha value is -6.55. The summed E-state index contributed by atoms with van der Waals surface area (Å²) in [4.78, 5) is 4.83. The molecule has 7 aromatic carbocycles. The van der Waals surface area contributed by atoms with Crippen LogP contribution in [0.3, 0.4) is 0 Å². The van der Waals surface area contributed by atoms with Crippen LogP contribution in [0.5, 0.6) is 11.5 Å². The topological polar surface area (TPSA) is 35.9 Å². The van der Waals surface area contributed by atoms with E-state index in [1.54, 1.807) is 69.9 Å². The Morgan fingerprint density at radius 1 is 0.683 bits per heavy atom. The maximum absolute atomic E-state index is 9.11. The van der Waals surface area contributed by atoms with Crippen LogP contribution in [-0.4, -0.2) is 14.1 Å². The molecule has 3 aromatic heterocycles. The summed E-state index contributed by atoms with van der Waals surface area (Å²) in [5.41, 5.74) is 3.91. The minimum Gasteiger partial charge on any atom is -0.510 e. The van der Waals surface area contributed by atoms with Crippen molar-refractivity contribution < 1.29 is 46.8 Å². The maximum atomic E-state index is 9.11. The quantitative estimate of drug-likeness (QED) is 0.112. The van der Waals surface area contributed by atoms with Gasteiger partial charge in [0, 0.05) is 47.0 Å². The molecule has 0 aliphatic heterocycles. The van der Waals surface area contributed by atoms with Gasteiger partial charge in [-0.3, -0.25) is 4.57 Å². The normalized spacial score (nSPS) is 14.8. The Labute approximate surface area is 401 Å². The molecule has 314 valence electrons. The van der Waals surface area contributed by atoms with Crippen molar-refractivity contribution >= 4 is 32.8 Å². The Morgan fingerprint density at radius 2 is 1.37 bits per heavy atom.